The zero-order valence-corrected chi connectivity index (χ0v) is 12.5. The van der Waals surface area contributed by atoms with Gasteiger partial charge in [0.2, 0.25) is 5.91 Å². The van der Waals surface area contributed by atoms with E-state index in [4.69, 9.17) is 14.8 Å². The van der Waals surface area contributed by atoms with Crippen LogP contribution in [0.3, 0.4) is 0 Å². The topological polar surface area (TPSA) is 184 Å². The molecule has 0 aromatic heterocycles. The predicted molar refractivity (Wildman–Crippen MR) is 72.9 cm³/mol. The van der Waals surface area contributed by atoms with Crippen molar-refractivity contribution in [1.29, 1.82) is 0 Å². The Labute approximate surface area is 130 Å². The largest absolute Gasteiger partial charge is 0.481 e. The number of ether oxygens (including phenoxy) is 1. The standard InChI is InChI=1S/C11H15NO10S/c1-2-3-22-11(18)7(23(19,20)21)4-8(13)12-5-6(9(14)15)10(16)17/h2,6-7H,1,3-5H2,(H,12,13)(H,14,15)(H,16,17)(H,19,20,21). The second-order valence-electron chi connectivity index (χ2n) is 4.16. The van der Waals surface area contributed by atoms with E-state index in [1.165, 1.54) is 0 Å². The van der Waals surface area contributed by atoms with Crippen molar-refractivity contribution in [3.05, 3.63) is 12.7 Å². The van der Waals surface area contributed by atoms with Gasteiger partial charge in [-0.25, -0.2) is 0 Å². The molecular formula is C11H15NO10S. The fourth-order valence-electron chi connectivity index (χ4n) is 1.28. The van der Waals surface area contributed by atoms with Crippen molar-refractivity contribution in [1.82, 2.24) is 5.32 Å². The van der Waals surface area contributed by atoms with E-state index in [0.717, 1.165) is 6.08 Å². The first-order valence-electron chi connectivity index (χ1n) is 5.96. The van der Waals surface area contributed by atoms with Crippen LogP contribution in [0.2, 0.25) is 0 Å². The van der Waals surface area contributed by atoms with Gasteiger partial charge in [0.25, 0.3) is 10.1 Å². The van der Waals surface area contributed by atoms with Crippen LogP contribution in [0, 0.1) is 5.92 Å². The van der Waals surface area contributed by atoms with Crippen LogP contribution in [-0.2, 0) is 34.0 Å². The number of aliphatic carboxylic acids is 2. The zero-order valence-electron chi connectivity index (χ0n) is 11.7. The molecule has 1 amide bonds. The van der Waals surface area contributed by atoms with Crippen LogP contribution in [0.5, 0.6) is 0 Å². The van der Waals surface area contributed by atoms with Gasteiger partial charge in [-0.2, -0.15) is 8.42 Å². The van der Waals surface area contributed by atoms with E-state index >= 15 is 0 Å². The predicted octanol–water partition coefficient (Wildman–Crippen LogP) is -1.74. The summed E-state index contributed by atoms with van der Waals surface area (Å²) in [6.45, 7) is 2.03. The monoisotopic (exact) mass is 353 g/mol. The molecule has 0 aliphatic carbocycles. The maximum atomic E-state index is 11.5. The average molecular weight is 353 g/mol. The van der Waals surface area contributed by atoms with E-state index in [2.05, 4.69) is 11.3 Å². The molecule has 130 valence electrons. The lowest BCUT2D eigenvalue weighted by Crippen LogP contribution is -2.41. The summed E-state index contributed by atoms with van der Waals surface area (Å²) in [7, 11) is -4.96. The number of carbonyl (C=O) groups is 4. The van der Waals surface area contributed by atoms with Crippen molar-refractivity contribution < 1.29 is 47.1 Å². The van der Waals surface area contributed by atoms with Crippen molar-refractivity contribution >= 4 is 33.9 Å². The fraction of sp³-hybridized carbons (Fsp3) is 0.455. The van der Waals surface area contributed by atoms with E-state index in [9.17, 15) is 27.6 Å². The highest BCUT2D eigenvalue weighted by Gasteiger charge is 2.35. The van der Waals surface area contributed by atoms with Gasteiger partial charge < -0.3 is 20.3 Å². The van der Waals surface area contributed by atoms with Crippen LogP contribution in [0.15, 0.2) is 12.7 Å². The summed E-state index contributed by atoms with van der Waals surface area (Å²) in [5, 5.41) is 16.8. The molecule has 0 radical (unpaired) electrons. The third kappa shape index (κ3) is 7.37. The van der Waals surface area contributed by atoms with Crippen LogP contribution in [0.4, 0.5) is 0 Å². The minimum atomic E-state index is -4.96. The molecule has 1 unspecified atom stereocenters. The first kappa shape index (κ1) is 20.5. The summed E-state index contributed by atoms with van der Waals surface area (Å²) in [6, 6.07) is 0. The molecule has 0 aliphatic rings. The summed E-state index contributed by atoms with van der Waals surface area (Å²) >= 11 is 0. The van der Waals surface area contributed by atoms with Gasteiger partial charge in [0.1, 0.15) is 6.61 Å². The average Bonchev–Trinajstić information content (AvgIpc) is 2.40. The van der Waals surface area contributed by atoms with Gasteiger partial charge in [-0.15, -0.1) is 0 Å². The number of hydrogen-bond donors (Lipinski definition) is 4. The second-order valence-corrected chi connectivity index (χ2v) is 5.76. The number of hydrogen-bond acceptors (Lipinski definition) is 7. The molecule has 1 atom stereocenters. The molecule has 0 aliphatic heterocycles. The molecule has 0 fully saturated rings. The number of esters is 1. The van der Waals surface area contributed by atoms with Crippen LogP contribution >= 0.6 is 0 Å². The summed E-state index contributed by atoms with van der Waals surface area (Å²) in [4.78, 5) is 44.2. The molecule has 0 saturated carbocycles. The third-order valence-corrected chi connectivity index (χ3v) is 3.51. The quantitative estimate of drug-likeness (QED) is 0.152. The second kappa shape index (κ2) is 8.85. The normalized spacial score (nSPS) is 12.3. The maximum Gasteiger partial charge on any atom is 0.327 e. The number of nitrogens with one attached hydrogen (secondary N) is 1. The molecule has 0 bridgehead atoms. The van der Waals surface area contributed by atoms with Crippen molar-refractivity contribution in [3.63, 3.8) is 0 Å². The maximum absolute atomic E-state index is 11.5. The van der Waals surface area contributed by atoms with Gasteiger partial charge in [-0.1, -0.05) is 12.7 Å². The Bertz CT molecular complexity index is 582. The summed E-state index contributed by atoms with van der Waals surface area (Å²) in [6.07, 6.45) is 0.0596. The Morgan fingerprint density at radius 3 is 2.09 bits per heavy atom. The van der Waals surface area contributed by atoms with Crippen molar-refractivity contribution in [2.45, 2.75) is 11.7 Å². The number of amides is 1. The Kier molecular flexibility index (Phi) is 7.90. The zero-order chi connectivity index (χ0) is 18.2. The lowest BCUT2D eigenvalue weighted by atomic mass is 10.1. The van der Waals surface area contributed by atoms with E-state index in [-0.39, 0.29) is 6.61 Å². The van der Waals surface area contributed by atoms with Crippen LogP contribution in [-0.4, -0.2) is 65.4 Å². The van der Waals surface area contributed by atoms with Gasteiger partial charge in [0.15, 0.2) is 11.2 Å². The van der Waals surface area contributed by atoms with E-state index < -0.39 is 58.1 Å². The van der Waals surface area contributed by atoms with E-state index in [1.54, 1.807) is 0 Å². The number of rotatable bonds is 10. The molecule has 23 heavy (non-hydrogen) atoms. The van der Waals surface area contributed by atoms with Crippen LogP contribution in [0.25, 0.3) is 0 Å². The molecule has 12 heteroatoms. The molecule has 11 nitrogen and oxygen atoms in total. The third-order valence-electron chi connectivity index (χ3n) is 2.44. The lowest BCUT2D eigenvalue weighted by molar-refractivity contribution is -0.154. The molecule has 0 aromatic carbocycles. The van der Waals surface area contributed by atoms with Crippen molar-refractivity contribution in [2.24, 2.45) is 5.92 Å². The minimum Gasteiger partial charge on any atom is -0.481 e. The summed E-state index contributed by atoms with van der Waals surface area (Å²) in [5.41, 5.74) is 0. The molecule has 0 spiro atoms. The van der Waals surface area contributed by atoms with Gasteiger partial charge in [0, 0.05) is 6.54 Å². The molecule has 0 aromatic rings. The van der Waals surface area contributed by atoms with Crippen LogP contribution in [0.1, 0.15) is 6.42 Å². The van der Waals surface area contributed by atoms with Crippen molar-refractivity contribution in [3.8, 4) is 0 Å². The Hall–Kier alpha value is -2.47. The molecular weight excluding hydrogens is 338 g/mol. The molecule has 0 heterocycles. The first-order chi connectivity index (χ1) is 10.5. The van der Waals surface area contributed by atoms with Gasteiger partial charge in [-0.3, -0.25) is 23.7 Å². The molecule has 0 rings (SSSR count). The number of carboxylic acid groups (broad SMARTS) is 2. The van der Waals surface area contributed by atoms with Gasteiger partial charge >= 0.3 is 17.9 Å². The molecule has 0 saturated heterocycles. The van der Waals surface area contributed by atoms with Gasteiger partial charge in [0.05, 0.1) is 6.42 Å². The number of carboxylic acids is 2. The Morgan fingerprint density at radius 2 is 1.70 bits per heavy atom. The SMILES string of the molecule is C=CCOC(=O)C(CC(=O)NCC(C(=O)O)C(=O)O)S(=O)(=O)O. The summed E-state index contributed by atoms with van der Waals surface area (Å²) in [5.74, 6) is -7.94. The highest BCUT2D eigenvalue weighted by atomic mass is 32.2. The van der Waals surface area contributed by atoms with E-state index in [1.807, 2.05) is 5.32 Å². The van der Waals surface area contributed by atoms with Gasteiger partial charge in [-0.05, 0) is 0 Å². The minimum absolute atomic E-state index is 0.355. The lowest BCUT2D eigenvalue weighted by Gasteiger charge is -2.13. The highest BCUT2D eigenvalue weighted by molar-refractivity contribution is 7.87. The number of carbonyl (C=O) groups excluding carboxylic acids is 2. The molecule has 4 N–H and O–H groups in total. The van der Waals surface area contributed by atoms with Crippen molar-refractivity contribution in [2.75, 3.05) is 13.2 Å². The van der Waals surface area contributed by atoms with E-state index in [0.29, 0.717) is 0 Å². The highest BCUT2D eigenvalue weighted by Crippen LogP contribution is 2.08. The fourth-order valence-corrected chi connectivity index (χ4v) is 1.95. The smallest absolute Gasteiger partial charge is 0.327 e. The summed E-state index contributed by atoms with van der Waals surface area (Å²) < 4.78 is 35.5. The first-order valence-corrected chi connectivity index (χ1v) is 7.47. The van der Waals surface area contributed by atoms with Crippen LogP contribution < -0.4 is 5.32 Å². The Balaban J connectivity index is 4.85. The Morgan fingerprint density at radius 1 is 1.17 bits per heavy atom.